The predicted molar refractivity (Wildman–Crippen MR) is 88.2 cm³/mol. The second-order valence-corrected chi connectivity index (χ2v) is 5.13. The standard InChI is InChI=1S/C15H14ClFN2OS/c1-2-20-14-6-4-10(8-12(14)17)19-13-5-3-9(16)7-11(13)15(18)21/h3-8,19H,2H2,1H3,(H2,18,21). The summed E-state index contributed by atoms with van der Waals surface area (Å²) in [7, 11) is 0. The maximum absolute atomic E-state index is 13.8. The van der Waals surface area contributed by atoms with Gasteiger partial charge in [0.2, 0.25) is 0 Å². The van der Waals surface area contributed by atoms with Crippen LogP contribution >= 0.6 is 23.8 Å². The number of nitrogens with two attached hydrogens (primary N) is 1. The zero-order valence-electron chi connectivity index (χ0n) is 11.3. The summed E-state index contributed by atoms with van der Waals surface area (Å²) in [5.74, 6) is -0.221. The number of halogens is 2. The van der Waals surface area contributed by atoms with Crippen molar-refractivity contribution >= 4 is 40.2 Å². The van der Waals surface area contributed by atoms with Gasteiger partial charge in [-0.3, -0.25) is 0 Å². The Labute approximate surface area is 132 Å². The van der Waals surface area contributed by atoms with Crippen LogP contribution < -0.4 is 15.8 Å². The van der Waals surface area contributed by atoms with Crippen LogP contribution in [0.4, 0.5) is 15.8 Å². The molecule has 0 aliphatic carbocycles. The Balaban J connectivity index is 2.30. The largest absolute Gasteiger partial charge is 0.491 e. The fraction of sp³-hybridized carbons (Fsp3) is 0.133. The Bertz CT molecular complexity index is 679. The number of anilines is 2. The zero-order chi connectivity index (χ0) is 15.4. The van der Waals surface area contributed by atoms with E-state index in [2.05, 4.69) is 5.32 Å². The van der Waals surface area contributed by atoms with Crippen molar-refractivity contribution in [2.45, 2.75) is 6.92 Å². The number of ether oxygens (including phenoxy) is 1. The first-order valence-electron chi connectivity index (χ1n) is 6.30. The smallest absolute Gasteiger partial charge is 0.167 e. The molecular weight excluding hydrogens is 311 g/mol. The second-order valence-electron chi connectivity index (χ2n) is 4.26. The van der Waals surface area contributed by atoms with Crippen molar-refractivity contribution in [3.05, 3.63) is 52.8 Å². The molecule has 0 radical (unpaired) electrons. The van der Waals surface area contributed by atoms with Gasteiger partial charge in [-0.05, 0) is 37.3 Å². The van der Waals surface area contributed by atoms with E-state index in [4.69, 9.17) is 34.3 Å². The van der Waals surface area contributed by atoms with E-state index in [0.717, 1.165) is 0 Å². The maximum Gasteiger partial charge on any atom is 0.167 e. The van der Waals surface area contributed by atoms with Gasteiger partial charge in [-0.25, -0.2) is 4.39 Å². The Morgan fingerprint density at radius 1 is 1.33 bits per heavy atom. The third-order valence-electron chi connectivity index (χ3n) is 2.76. The highest BCUT2D eigenvalue weighted by Crippen LogP contribution is 2.27. The average Bonchev–Trinajstić information content (AvgIpc) is 2.44. The Kier molecular flexibility index (Phi) is 4.98. The lowest BCUT2D eigenvalue weighted by Crippen LogP contribution is -2.12. The fourth-order valence-electron chi connectivity index (χ4n) is 1.84. The first-order chi connectivity index (χ1) is 10.0. The van der Waals surface area contributed by atoms with E-state index in [9.17, 15) is 4.39 Å². The van der Waals surface area contributed by atoms with Gasteiger partial charge in [-0.15, -0.1) is 0 Å². The molecule has 0 atom stereocenters. The van der Waals surface area contributed by atoms with Crippen molar-refractivity contribution in [1.82, 2.24) is 0 Å². The molecule has 0 amide bonds. The van der Waals surface area contributed by atoms with E-state index >= 15 is 0 Å². The van der Waals surface area contributed by atoms with Crippen molar-refractivity contribution in [3.63, 3.8) is 0 Å². The molecule has 110 valence electrons. The highest BCUT2D eigenvalue weighted by molar-refractivity contribution is 7.80. The summed E-state index contributed by atoms with van der Waals surface area (Å²) in [6.07, 6.45) is 0. The Morgan fingerprint density at radius 2 is 2.10 bits per heavy atom. The molecule has 0 saturated carbocycles. The van der Waals surface area contributed by atoms with E-state index < -0.39 is 5.82 Å². The molecule has 2 aromatic carbocycles. The highest BCUT2D eigenvalue weighted by Gasteiger charge is 2.09. The number of hydrogen-bond donors (Lipinski definition) is 2. The number of benzene rings is 2. The van der Waals surface area contributed by atoms with Crippen molar-refractivity contribution in [1.29, 1.82) is 0 Å². The minimum absolute atomic E-state index is 0.214. The van der Waals surface area contributed by atoms with E-state index in [1.807, 2.05) is 0 Å². The van der Waals surface area contributed by atoms with E-state index in [1.54, 1.807) is 37.3 Å². The normalized spacial score (nSPS) is 10.2. The zero-order valence-corrected chi connectivity index (χ0v) is 12.9. The highest BCUT2D eigenvalue weighted by atomic mass is 35.5. The monoisotopic (exact) mass is 324 g/mol. The van der Waals surface area contributed by atoms with Gasteiger partial charge in [0, 0.05) is 28.0 Å². The Morgan fingerprint density at radius 3 is 2.71 bits per heavy atom. The molecule has 0 aliphatic heterocycles. The molecule has 0 spiro atoms. The number of rotatable bonds is 5. The lowest BCUT2D eigenvalue weighted by Gasteiger charge is -2.13. The van der Waals surface area contributed by atoms with E-state index in [1.165, 1.54) is 6.07 Å². The molecule has 0 aliphatic rings. The summed E-state index contributed by atoms with van der Waals surface area (Å²) in [5, 5.41) is 3.60. The van der Waals surface area contributed by atoms with Crippen LogP contribution in [0.2, 0.25) is 5.02 Å². The van der Waals surface area contributed by atoms with Crippen LogP contribution in [0.5, 0.6) is 5.75 Å². The fourth-order valence-corrected chi connectivity index (χ4v) is 2.18. The van der Waals surface area contributed by atoms with Crippen LogP contribution in [0.25, 0.3) is 0 Å². The maximum atomic E-state index is 13.8. The molecule has 2 rings (SSSR count). The lowest BCUT2D eigenvalue weighted by atomic mass is 10.1. The summed E-state index contributed by atoms with van der Waals surface area (Å²) in [6, 6.07) is 9.74. The molecule has 0 heterocycles. The Hall–Kier alpha value is -1.85. The van der Waals surface area contributed by atoms with Crippen LogP contribution in [0, 0.1) is 5.82 Å². The quantitative estimate of drug-likeness (QED) is 0.807. The molecule has 0 unspecified atom stereocenters. The van der Waals surface area contributed by atoms with Crippen molar-refractivity contribution in [2.75, 3.05) is 11.9 Å². The molecule has 3 nitrogen and oxygen atoms in total. The van der Waals surface area contributed by atoms with Gasteiger partial charge in [0.25, 0.3) is 0 Å². The van der Waals surface area contributed by atoms with Crippen molar-refractivity contribution in [2.24, 2.45) is 5.73 Å². The molecule has 21 heavy (non-hydrogen) atoms. The van der Waals surface area contributed by atoms with Crippen LogP contribution in [0.15, 0.2) is 36.4 Å². The predicted octanol–water partition coefficient (Wildman–Crippen LogP) is 4.26. The molecule has 0 aromatic heterocycles. The number of thiocarbonyl (C=S) groups is 1. The number of nitrogens with one attached hydrogen (secondary N) is 1. The first-order valence-corrected chi connectivity index (χ1v) is 7.08. The van der Waals surface area contributed by atoms with Crippen LogP contribution in [-0.4, -0.2) is 11.6 Å². The molecule has 3 N–H and O–H groups in total. The van der Waals surface area contributed by atoms with Gasteiger partial charge in [-0.1, -0.05) is 23.8 Å². The van der Waals surface area contributed by atoms with Gasteiger partial charge in [0.15, 0.2) is 11.6 Å². The molecule has 0 fully saturated rings. The molecular formula is C15H14ClFN2OS. The minimum atomic E-state index is -0.437. The summed E-state index contributed by atoms with van der Waals surface area (Å²) >= 11 is 10.9. The first kappa shape index (κ1) is 15.5. The van der Waals surface area contributed by atoms with Gasteiger partial charge < -0.3 is 15.8 Å². The third kappa shape index (κ3) is 3.83. The summed E-state index contributed by atoms with van der Waals surface area (Å²) < 4.78 is 19.0. The molecule has 0 bridgehead atoms. The van der Waals surface area contributed by atoms with Gasteiger partial charge >= 0.3 is 0 Å². The van der Waals surface area contributed by atoms with Crippen LogP contribution in [0.3, 0.4) is 0 Å². The van der Waals surface area contributed by atoms with Gasteiger partial charge in [0.1, 0.15) is 4.99 Å². The summed E-state index contributed by atoms with van der Waals surface area (Å²) in [4.78, 5) is 0.214. The summed E-state index contributed by atoms with van der Waals surface area (Å²) in [6.45, 7) is 2.21. The van der Waals surface area contributed by atoms with Crippen LogP contribution in [-0.2, 0) is 0 Å². The average molecular weight is 325 g/mol. The number of hydrogen-bond acceptors (Lipinski definition) is 3. The van der Waals surface area contributed by atoms with E-state index in [-0.39, 0.29) is 10.7 Å². The van der Waals surface area contributed by atoms with Crippen LogP contribution in [0.1, 0.15) is 12.5 Å². The van der Waals surface area contributed by atoms with Gasteiger partial charge in [0.05, 0.1) is 6.61 Å². The second kappa shape index (κ2) is 6.74. The minimum Gasteiger partial charge on any atom is -0.491 e. The summed E-state index contributed by atoms with van der Waals surface area (Å²) in [5.41, 5.74) is 7.50. The topological polar surface area (TPSA) is 47.3 Å². The van der Waals surface area contributed by atoms with Crippen molar-refractivity contribution < 1.29 is 9.13 Å². The van der Waals surface area contributed by atoms with Crippen molar-refractivity contribution in [3.8, 4) is 5.75 Å². The third-order valence-corrected chi connectivity index (χ3v) is 3.21. The molecule has 6 heteroatoms. The lowest BCUT2D eigenvalue weighted by molar-refractivity contribution is 0.321. The molecule has 2 aromatic rings. The van der Waals surface area contributed by atoms with E-state index in [0.29, 0.717) is 28.6 Å². The SMILES string of the molecule is CCOc1ccc(Nc2ccc(Cl)cc2C(N)=S)cc1F. The molecule has 0 saturated heterocycles. The van der Waals surface area contributed by atoms with Gasteiger partial charge in [-0.2, -0.15) is 0 Å².